The Morgan fingerprint density at radius 1 is 1.22 bits per heavy atom. The molecular weight excluding hydrogens is 344 g/mol. The Labute approximate surface area is 158 Å². The smallest absolute Gasteiger partial charge is 0.260 e. The zero-order valence-electron chi connectivity index (χ0n) is 16.3. The Bertz CT molecular complexity index is 996. The van der Waals surface area contributed by atoms with Gasteiger partial charge >= 0.3 is 0 Å². The zero-order valence-corrected chi connectivity index (χ0v) is 16.3. The monoisotopic (exact) mass is 368 g/mol. The van der Waals surface area contributed by atoms with Gasteiger partial charge in [0.2, 0.25) is 0 Å². The van der Waals surface area contributed by atoms with Gasteiger partial charge in [0.15, 0.2) is 11.5 Å². The lowest BCUT2D eigenvalue weighted by Crippen LogP contribution is -2.19. The molecule has 27 heavy (non-hydrogen) atoms. The van der Waals surface area contributed by atoms with Gasteiger partial charge in [0.05, 0.1) is 5.52 Å². The number of hydrogen-bond donors (Lipinski definition) is 1. The lowest BCUT2D eigenvalue weighted by Gasteiger charge is -2.11. The van der Waals surface area contributed by atoms with Crippen LogP contribution in [-0.2, 0) is 4.79 Å². The van der Waals surface area contributed by atoms with E-state index >= 15 is 0 Å². The number of rotatable bonds is 5. The fraction of sp³-hybridized carbons (Fsp3) is 0.350. The minimum absolute atomic E-state index is 0.120. The number of aliphatic imine (C=N–C) groups is 1. The molecule has 7 heteroatoms. The maximum atomic E-state index is 11.7. The van der Waals surface area contributed by atoms with Crippen LogP contribution < -0.4 is 4.74 Å². The standard InChI is InChI=1S/C20H24N4O3/c1-12-6-8-16-18(21-15-7-9-17(25)13(2)19(15)26)20(22-24(16)14(12)3)27-11-10-23(4)5/h6-9,26H,10-11H2,1-5H3. The van der Waals surface area contributed by atoms with Crippen molar-refractivity contribution in [1.82, 2.24) is 14.5 Å². The summed E-state index contributed by atoms with van der Waals surface area (Å²) in [6, 6.07) is 3.93. The second kappa shape index (κ2) is 7.36. The SMILES string of the molecule is CC1=C(O)C(=Nc2c(OCCN(C)C)nn3c(C)c(C)ccc23)C=CC1=O. The van der Waals surface area contributed by atoms with Crippen molar-refractivity contribution in [3.63, 3.8) is 0 Å². The predicted octanol–water partition coefficient (Wildman–Crippen LogP) is 2.93. The van der Waals surface area contributed by atoms with Gasteiger partial charge in [0.1, 0.15) is 18.1 Å². The van der Waals surface area contributed by atoms with Crippen LogP contribution in [0.1, 0.15) is 18.2 Å². The second-order valence-corrected chi connectivity index (χ2v) is 6.87. The minimum Gasteiger partial charge on any atom is -0.505 e. The van der Waals surface area contributed by atoms with Crippen molar-refractivity contribution in [1.29, 1.82) is 0 Å². The highest BCUT2D eigenvalue weighted by molar-refractivity contribution is 6.21. The highest BCUT2D eigenvalue weighted by atomic mass is 16.5. The molecule has 2 heterocycles. The molecule has 0 fully saturated rings. The van der Waals surface area contributed by atoms with Crippen LogP contribution in [0.15, 0.2) is 40.6 Å². The van der Waals surface area contributed by atoms with Gasteiger partial charge in [-0.2, -0.15) is 0 Å². The number of carbonyl (C=O) groups excluding carboxylic acids is 1. The zero-order chi connectivity index (χ0) is 19.7. The normalized spacial score (nSPS) is 16.2. The highest BCUT2D eigenvalue weighted by Gasteiger charge is 2.21. The van der Waals surface area contributed by atoms with Crippen molar-refractivity contribution >= 4 is 22.7 Å². The van der Waals surface area contributed by atoms with E-state index in [0.29, 0.717) is 23.9 Å². The van der Waals surface area contributed by atoms with E-state index in [2.05, 4.69) is 10.1 Å². The van der Waals surface area contributed by atoms with Gasteiger partial charge in [-0.1, -0.05) is 6.07 Å². The van der Waals surface area contributed by atoms with Crippen LogP contribution in [0.25, 0.3) is 5.52 Å². The lowest BCUT2D eigenvalue weighted by molar-refractivity contribution is -0.111. The molecule has 0 bridgehead atoms. The van der Waals surface area contributed by atoms with Crippen molar-refractivity contribution in [2.45, 2.75) is 20.8 Å². The number of allylic oxidation sites excluding steroid dienone is 3. The van der Waals surface area contributed by atoms with E-state index in [0.717, 1.165) is 23.3 Å². The molecule has 1 N–H and O–H groups in total. The Hall–Kier alpha value is -2.93. The van der Waals surface area contributed by atoms with Gasteiger partial charge in [0, 0.05) is 17.8 Å². The van der Waals surface area contributed by atoms with Crippen LogP contribution in [-0.4, -0.2) is 58.4 Å². The Morgan fingerprint density at radius 2 is 1.96 bits per heavy atom. The number of pyridine rings is 1. The molecule has 0 saturated heterocycles. The number of nitrogens with zero attached hydrogens (tertiary/aromatic N) is 4. The van der Waals surface area contributed by atoms with E-state index in [1.165, 1.54) is 12.2 Å². The maximum Gasteiger partial charge on any atom is 0.260 e. The summed E-state index contributed by atoms with van der Waals surface area (Å²) in [7, 11) is 3.94. The maximum absolute atomic E-state index is 11.7. The molecule has 0 atom stereocenters. The van der Waals surface area contributed by atoms with Crippen molar-refractivity contribution < 1.29 is 14.6 Å². The number of ether oxygens (including phenoxy) is 1. The molecule has 7 nitrogen and oxygen atoms in total. The first-order chi connectivity index (χ1) is 12.8. The van der Waals surface area contributed by atoms with Crippen LogP contribution in [0.3, 0.4) is 0 Å². The van der Waals surface area contributed by atoms with Crippen molar-refractivity contribution in [2.24, 2.45) is 4.99 Å². The van der Waals surface area contributed by atoms with Gasteiger partial charge in [-0.3, -0.25) is 4.79 Å². The largest absolute Gasteiger partial charge is 0.505 e. The topological polar surface area (TPSA) is 79.4 Å². The molecule has 2 aromatic heterocycles. The van der Waals surface area contributed by atoms with E-state index < -0.39 is 0 Å². The van der Waals surface area contributed by atoms with Gasteiger partial charge in [0.25, 0.3) is 5.88 Å². The van der Waals surface area contributed by atoms with Crippen molar-refractivity contribution in [2.75, 3.05) is 27.2 Å². The number of fused-ring (bicyclic) bond motifs is 1. The van der Waals surface area contributed by atoms with Gasteiger partial charge in [-0.05, 0) is 58.6 Å². The van der Waals surface area contributed by atoms with E-state index in [4.69, 9.17) is 4.74 Å². The predicted molar refractivity (Wildman–Crippen MR) is 105 cm³/mol. The lowest BCUT2D eigenvalue weighted by atomic mass is 10.0. The third-order valence-electron chi connectivity index (χ3n) is 4.61. The summed E-state index contributed by atoms with van der Waals surface area (Å²) >= 11 is 0. The molecule has 2 aromatic rings. The van der Waals surface area contributed by atoms with E-state index in [1.807, 2.05) is 45.0 Å². The molecule has 0 aromatic carbocycles. The fourth-order valence-corrected chi connectivity index (χ4v) is 2.70. The first-order valence-corrected chi connectivity index (χ1v) is 8.77. The van der Waals surface area contributed by atoms with Gasteiger partial charge in [-0.15, -0.1) is 5.10 Å². The molecule has 0 amide bonds. The summed E-state index contributed by atoms with van der Waals surface area (Å²) in [5, 5.41) is 14.9. The van der Waals surface area contributed by atoms with Crippen molar-refractivity contribution in [3.8, 4) is 5.88 Å². The third-order valence-corrected chi connectivity index (χ3v) is 4.61. The molecule has 0 aliphatic heterocycles. The van der Waals surface area contributed by atoms with Crippen LogP contribution >= 0.6 is 0 Å². The average Bonchev–Trinajstić information content (AvgIpc) is 2.96. The molecule has 1 aliphatic rings. The Kier molecular flexibility index (Phi) is 5.14. The van der Waals surface area contributed by atoms with Gasteiger partial charge < -0.3 is 14.7 Å². The summed E-state index contributed by atoms with van der Waals surface area (Å²) in [5.74, 6) is 0.0546. The highest BCUT2D eigenvalue weighted by Crippen LogP contribution is 2.34. The van der Waals surface area contributed by atoms with Crippen LogP contribution in [0.5, 0.6) is 5.88 Å². The molecule has 0 unspecified atom stereocenters. The molecule has 3 rings (SSSR count). The number of ketones is 1. The minimum atomic E-state index is -0.222. The fourth-order valence-electron chi connectivity index (χ4n) is 2.70. The summed E-state index contributed by atoms with van der Waals surface area (Å²) in [6.07, 6.45) is 2.92. The number of aliphatic hydroxyl groups excluding tert-OH is 1. The number of hydrogen-bond acceptors (Lipinski definition) is 6. The summed E-state index contributed by atoms with van der Waals surface area (Å²) in [4.78, 5) is 18.3. The Balaban J connectivity index is 2.12. The average molecular weight is 368 g/mol. The number of carbonyl (C=O) groups is 1. The summed E-state index contributed by atoms with van der Waals surface area (Å²) in [6.45, 7) is 6.77. The molecule has 0 radical (unpaired) electrons. The van der Waals surface area contributed by atoms with Crippen LogP contribution in [0, 0.1) is 13.8 Å². The van der Waals surface area contributed by atoms with Crippen LogP contribution in [0.4, 0.5) is 5.69 Å². The van der Waals surface area contributed by atoms with E-state index in [9.17, 15) is 9.90 Å². The van der Waals surface area contributed by atoms with Crippen molar-refractivity contribution in [3.05, 3.63) is 46.9 Å². The number of aromatic nitrogens is 2. The molecule has 1 aliphatic carbocycles. The first kappa shape index (κ1) is 18.8. The van der Waals surface area contributed by atoms with E-state index in [-0.39, 0.29) is 17.1 Å². The quantitative estimate of drug-likeness (QED) is 0.821. The summed E-state index contributed by atoms with van der Waals surface area (Å²) in [5.41, 5.74) is 3.99. The first-order valence-electron chi connectivity index (χ1n) is 8.77. The molecular formula is C20H24N4O3. The second-order valence-electron chi connectivity index (χ2n) is 6.87. The number of likely N-dealkylation sites (N-methyl/N-ethyl adjacent to an activating group) is 1. The third kappa shape index (κ3) is 3.64. The summed E-state index contributed by atoms with van der Waals surface area (Å²) < 4.78 is 7.68. The molecule has 0 saturated carbocycles. The molecule has 142 valence electrons. The van der Waals surface area contributed by atoms with E-state index in [1.54, 1.807) is 11.4 Å². The Morgan fingerprint density at radius 3 is 2.67 bits per heavy atom. The van der Waals surface area contributed by atoms with Crippen LogP contribution in [0.2, 0.25) is 0 Å². The molecule has 0 spiro atoms. The number of aliphatic hydroxyl groups is 1. The number of aryl methyl sites for hydroxylation is 2. The van der Waals surface area contributed by atoms with Gasteiger partial charge in [-0.25, -0.2) is 9.51 Å².